The molecule has 0 radical (unpaired) electrons. The monoisotopic (exact) mass is 575 g/mol. The summed E-state index contributed by atoms with van der Waals surface area (Å²) in [6, 6.07) is 11.6. The van der Waals surface area contributed by atoms with Crippen molar-refractivity contribution in [1.29, 1.82) is 0 Å². The van der Waals surface area contributed by atoms with Gasteiger partial charge in [-0.05, 0) is 52.5 Å². The van der Waals surface area contributed by atoms with Gasteiger partial charge in [0.2, 0.25) is 0 Å². The summed E-state index contributed by atoms with van der Waals surface area (Å²) in [5.74, 6) is -0.421. The number of carbonyl (C=O) groups is 1. The Morgan fingerprint density at radius 2 is 1.93 bits per heavy atom. The summed E-state index contributed by atoms with van der Waals surface area (Å²) < 4.78 is 34.9. The second-order valence-corrected chi connectivity index (χ2v) is 13.0. The van der Waals surface area contributed by atoms with Gasteiger partial charge < -0.3 is 23.3 Å². The first-order chi connectivity index (χ1) is 19.0. The highest BCUT2D eigenvalue weighted by Gasteiger charge is 2.57. The maximum Gasteiger partial charge on any atom is 0.330 e. The summed E-state index contributed by atoms with van der Waals surface area (Å²) in [6.45, 7) is 9.85. The molecule has 0 aliphatic carbocycles. The number of fused-ring (bicyclic) bond motifs is 1. The highest BCUT2D eigenvalue weighted by molar-refractivity contribution is 7.45. The van der Waals surface area contributed by atoms with Crippen LogP contribution >= 0.6 is 8.53 Å². The van der Waals surface area contributed by atoms with Crippen LogP contribution in [0.2, 0.25) is 0 Å². The number of nitrogens with zero attached hydrogens (tertiary/aromatic N) is 2. The van der Waals surface area contributed by atoms with Crippen LogP contribution < -0.4 is 11.2 Å². The molecule has 12 heteroatoms. The van der Waals surface area contributed by atoms with E-state index in [4.69, 9.17) is 23.3 Å². The Labute approximate surface area is 234 Å². The third-order valence-corrected chi connectivity index (χ3v) is 9.63. The SMILES string of the molecule is CC[C@H]1O[C@@H](n2ccc(=O)[nH]c2=O)C(OCOC(=O)C(C)(C)C)[C@H]1O[P@]1O[C@@](C)(c2ccccc2)[C@H]2CCCN21. The average Bonchev–Trinajstić information content (AvgIpc) is 3.60. The van der Waals surface area contributed by atoms with Crippen molar-refractivity contribution >= 4 is 14.5 Å². The van der Waals surface area contributed by atoms with Gasteiger partial charge >= 0.3 is 11.7 Å². The molecule has 2 aromatic rings. The Morgan fingerprint density at radius 3 is 2.60 bits per heavy atom. The fraction of sp³-hybridized carbons (Fsp3) is 0.607. The minimum atomic E-state index is -1.49. The quantitative estimate of drug-likeness (QED) is 0.285. The molecule has 218 valence electrons. The van der Waals surface area contributed by atoms with Crippen LogP contribution in [0.1, 0.15) is 65.7 Å². The first-order valence-corrected chi connectivity index (χ1v) is 14.9. The van der Waals surface area contributed by atoms with Gasteiger partial charge in [-0.2, -0.15) is 0 Å². The average molecular weight is 576 g/mol. The second kappa shape index (κ2) is 11.5. The van der Waals surface area contributed by atoms with Gasteiger partial charge in [0, 0.05) is 18.8 Å². The smallest absolute Gasteiger partial charge is 0.330 e. The van der Waals surface area contributed by atoms with Crippen LogP contribution in [-0.2, 0) is 33.7 Å². The molecule has 1 aromatic heterocycles. The Bertz CT molecular complexity index is 1310. The number of hydrogen-bond acceptors (Lipinski definition) is 9. The topological polar surface area (TPSA) is 121 Å². The van der Waals surface area contributed by atoms with E-state index in [1.165, 1.54) is 16.8 Å². The number of aromatic amines is 1. The number of esters is 1. The number of aromatic nitrogens is 2. The molecule has 3 aliphatic heterocycles. The lowest BCUT2D eigenvalue weighted by atomic mass is 9.87. The summed E-state index contributed by atoms with van der Waals surface area (Å²) in [5.41, 5.74) is -1.31. The Kier molecular flexibility index (Phi) is 8.34. The van der Waals surface area contributed by atoms with Crippen LogP contribution in [-0.4, -0.2) is 57.9 Å². The first-order valence-electron chi connectivity index (χ1n) is 13.8. The lowest BCUT2D eigenvalue weighted by Crippen LogP contribution is -2.40. The van der Waals surface area contributed by atoms with E-state index >= 15 is 0 Å². The molecule has 0 bridgehead atoms. The van der Waals surface area contributed by atoms with Crippen molar-refractivity contribution in [3.8, 4) is 0 Å². The maximum atomic E-state index is 12.7. The molecule has 11 nitrogen and oxygen atoms in total. The third-order valence-electron chi connectivity index (χ3n) is 7.77. The number of rotatable bonds is 8. The molecule has 4 heterocycles. The highest BCUT2D eigenvalue weighted by atomic mass is 31.2. The summed E-state index contributed by atoms with van der Waals surface area (Å²) in [6.07, 6.45) is 1.16. The van der Waals surface area contributed by atoms with Crippen molar-refractivity contribution in [2.45, 2.75) is 90.1 Å². The van der Waals surface area contributed by atoms with Gasteiger partial charge in [0.25, 0.3) is 14.1 Å². The second-order valence-electron chi connectivity index (χ2n) is 11.6. The van der Waals surface area contributed by atoms with Gasteiger partial charge in [-0.1, -0.05) is 37.3 Å². The van der Waals surface area contributed by atoms with Crippen LogP contribution in [0.3, 0.4) is 0 Å². The largest absolute Gasteiger partial charge is 0.438 e. The summed E-state index contributed by atoms with van der Waals surface area (Å²) in [7, 11) is -1.49. The van der Waals surface area contributed by atoms with Crippen LogP contribution in [0, 0.1) is 5.41 Å². The molecule has 5 rings (SSSR count). The number of ether oxygens (including phenoxy) is 3. The van der Waals surface area contributed by atoms with Crippen molar-refractivity contribution in [3.05, 3.63) is 69.0 Å². The molecule has 7 atom stereocenters. The van der Waals surface area contributed by atoms with Gasteiger partial charge in [0.1, 0.15) is 17.8 Å². The number of nitrogens with one attached hydrogen (secondary N) is 1. The molecular weight excluding hydrogens is 537 g/mol. The van der Waals surface area contributed by atoms with E-state index in [-0.39, 0.29) is 12.8 Å². The zero-order valence-electron chi connectivity index (χ0n) is 23.6. The minimum Gasteiger partial charge on any atom is -0.438 e. The van der Waals surface area contributed by atoms with Crippen molar-refractivity contribution in [2.24, 2.45) is 5.41 Å². The van der Waals surface area contributed by atoms with E-state index in [1.54, 1.807) is 20.8 Å². The predicted molar refractivity (Wildman–Crippen MR) is 147 cm³/mol. The molecule has 0 saturated carbocycles. The highest BCUT2D eigenvalue weighted by Crippen LogP contribution is 2.64. The van der Waals surface area contributed by atoms with E-state index < -0.39 is 61.3 Å². The van der Waals surface area contributed by atoms with Crippen LogP contribution in [0.15, 0.2) is 52.2 Å². The van der Waals surface area contributed by atoms with Crippen LogP contribution in [0.5, 0.6) is 0 Å². The Morgan fingerprint density at radius 1 is 1.18 bits per heavy atom. The lowest BCUT2D eigenvalue weighted by molar-refractivity contribution is -0.178. The zero-order valence-corrected chi connectivity index (χ0v) is 24.5. The van der Waals surface area contributed by atoms with E-state index in [0.29, 0.717) is 6.42 Å². The minimum absolute atomic E-state index is 0.160. The third kappa shape index (κ3) is 5.55. The molecule has 1 unspecified atom stereocenters. The number of hydrogen-bond donors (Lipinski definition) is 1. The molecule has 0 amide bonds. The summed E-state index contributed by atoms with van der Waals surface area (Å²) in [4.78, 5) is 39.2. The van der Waals surface area contributed by atoms with Gasteiger partial charge in [-0.3, -0.25) is 19.1 Å². The zero-order chi connectivity index (χ0) is 28.7. The summed E-state index contributed by atoms with van der Waals surface area (Å²) in [5, 5.41) is 0. The lowest BCUT2D eigenvalue weighted by Gasteiger charge is -2.29. The summed E-state index contributed by atoms with van der Waals surface area (Å²) >= 11 is 0. The fourth-order valence-corrected chi connectivity index (χ4v) is 7.71. The van der Waals surface area contributed by atoms with E-state index in [9.17, 15) is 14.4 Å². The predicted octanol–water partition coefficient (Wildman–Crippen LogP) is 3.80. The van der Waals surface area contributed by atoms with E-state index in [2.05, 4.69) is 28.7 Å². The maximum absolute atomic E-state index is 12.7. The molecule has 3 saturated heterocycles. The Hall–Kier alpha value is -2.40. The first kappa shape index (κ1) is 29.1. The fourth-order valence-electron chi connectivity index (χ4n) is 5.56. The van der Waals surface area contributed by atoms with E-state index in [0.717, 1.165) is 24.9 Å². The van der Waals surface area contributed by atoms with Crippen molar-refractivity contribution in [1.82, 2.24) is 14.2 Å². The molecule has 3 fully saturated rings. The van der Waals surface area contributed by atoms with Crippen molar-refractivity contribution in [3.63, 3.8) is 0 Å². The molecular formula is C28H38N3O8P. The van der Waals surface area contributed by atoms with Gasteiger partial charge in [0.15, 0.2) is 13.0 Å². The van der Waals surface area contributed by atoms with Crippen molar-refractivity contribution < 1.29 is 28.1 Å². The van der Waals surface area contributed by atoms with Gasteiger partial charge in [-0.25, -0.2) is 9.46 Å². The Balaban J connectivity index is 1.43. The number of carbonyl (C=O) groups excluding carboxylic acids is 1. The van der Waals surface area contributed by atoms with Gasteiger partial charge in [-0.15, -0.1) is 0 Å². The van der Waals surface area contributed by atoms with Crippen LogP contribution in [0.4, 0.5) is 0 Å². The molecule has 40 heavy (non-hydrogen) atoms. The molecule has 3 aliphatic rings. The van der Waals surface area contributed by atoms with Gasteiger partial charge in [0.05, 0.1) is 17.6 Å². The molecule has 0 spiro atoms. The van der Waals surface area contributed by atoms with Crippen molar-refractivity contribution in [2.75, 3.05) is 13.3 Å². The van der Waals surface area contributed by atoms with Crippen LogP contribution in [0.25, 0.3) is 0 Å². The number of H-pyrrole nitrogens is 1. The molecule has 1 aromatic carbocycles. The molecule has 1 N–H and O–H groups in total. The number of benzene rings is 1. The standard InChI is InChI=1S/C28H38N3O8P/c1-6-19-22(38-40-31-15-10-13-20(31)28(5,39-40)18-11-8-7-9-12-18)23(35-17-36-25(33)27(2,3)4)24(37-19)30-16-14-21(32)29-26(30)34/h7-9,11-12,14,16,19-20,22-24H,6,10,13,15,17H2,1-5H3,(H,29,32,34)/t19-,20-,22+,23?,24-,28+,40-/m1/s1. The normalized spacial score (nSPS) is 32.3. The van der Waals surface area contributed by atoms with E-state index in [1.807, 2.05) is 25.1 Å².